The van der Waals surface area contributed by atoms with Gasteiger partial charge in [-0.1, -0.05) is 18.7 Å². The van der Waals surface area contributed by atoms with Crippen LogP contribution in [0.2, 0.25) is 0 Å². The van der Waals surface area contributed by atoms with Crippen molar-refractivity contribution in [2.45, 2.75) is 63.5 Å². The molecule has 0 aromatic heterocycles. The van der Waals surface area contributed by atoms with E-state index in [1.54, 1.807) is 6.42 Å². The fourth-order valence-corrected chi connectivity index (χ4v) is 7.01. The lowest BCUT2D eigenvalue weighted by Crippen LogP contribution is -2.46. The van der Waals surface area contributed by atoms with Gasteiger partial charge in [0.1, 0.15) is 0 Å². The fourth-order valence-electron chi connectivity index (χ4n) is 5.75. The Kier molecular flexibility index (Phi) is 2.58. The van der Waals surface area contributed by atoms with Crippen molar-refractivity contribution in [2.24, 2.45) is 34.6 Å². The van der Waals surface area contributed by atoms with Gasteiger partial charge in [0.15, 0.2) is 5.17 Å². The molecule has 1 spiro atoms. The van der Waals surface area contributed by atoms with E-state index in [9.17, 15) is 0 Å². The first-order valence-electron chi connectivity index (χ1n) is 8.73. The summed E-state index contributed by atoms with van der Waals surface area (Å²) >= 11 is 2.02. The zero-order valence-electron chi connectivity index (χ0n) is 12.5. The standard InChI is InChI=1S/C17H26N2S/c1-10-4-6-17(7-5-10)9-20-16(19-17)18-15-13-11-2-3-12(8-11)14(13)15/h10-15H,2-9H2,1H3,(H,18,19). The van der Waals surface area contributed by atoms with Crippen LogP contribution >= 0.6 is 11.8 Å². The Labute approximate surface area is 126 Å². The van der Waals surface area contributed by atoms with Crippen LogP contribution in [0.5, 0.6) is 0 Å². The van der Waals surface area contributed by atoms with Gasteiger partial charge in [-0.05, 0) is 74.5 Å². The van der Waals surface area contributed by atoms with E-state index in [2.05, 4.69) is 12.2 Å². The van der Waals surface area contributed by atoms with Crippen molar-refractivity contribution in [1.29, 1.82) is 0 Å². The molecule has 0 aromatic rings. The van der Waals surface area contributed by atoms with Crippen LogP contribution in [0.1, 0.15) is 51.9 Å². The average molecular weight is 290 g/mol. The maximum absolute atomic E-state index is 5.15. The Morgan fingerprint density at radius 2 is 1.80 bits per heavy atom. The van der Waals surface area contributed by atoms with Crippen molar-refractivity contribution in [3.63, 3.8) is 0 Å². The van der Waals surface area contributed by atoms with E-state index in [1.807, 2.05) is 11.8 Å². The van der Waals surface area contributed by atoms with Crippen molar-refractivity contribution in [2.75, 3.05) is 5.75 Å². The number of hydrogen-bond acceptors (Lipinski definition) is 2. The smallest absolute Gasteiger partial charge is 0.157 e. The number of hydrogen-bond donors (Lipinski definition) is 1. The molecular weight excluding hydrogens is 264 g/mol. The maximum atomic E-state index is 5.15. The van der Waals surface area contributed by atoms with E-state index >= 15 is 0 Å². The Morgan fingerprint density at radius 3 is 2.50 bits per heavy atom. The minimum atomic E-state index is 0.416. The molecule has 1 aliphatic heterocycles. The molecule has 5 fully saturated rings. The summed E-state index contributed by atoms with van der Waals surface area (Å²) in [6, 6.07) is 0.717. The predicted molar refractivity (Wildman–Crippen MR) is 85.0 cm³/mol. The third-order valence-electron chi connectivity index (χ3n) is 7.05. The van der Waals surface area contributed by atoms with Gasteiger partial charge >= 0.3 is 0 Å². The molecule has 1 saturated heterocycles. The van der Waals surface area contributed by atoms with Crippen molar-refractivity contribution >= 4 is 16.9 Å². The molecule has 5 aliphatic rings. The van der Waals surface area contributed by atoms with Gasteiger partial charge in [-0.25, -0.2) is 0 Å². The highest BCUT2D eigenvalue weighted by Crippen LogP contribution is 2.67. The average Bonchev–Trinajstić information content (AvgIpc) is 2.85. The zero-order chi connectivity index (χ0) is 13.3. The van der Waals surface area contributed by atoms with Gasteiger partial charge in [0.25, 0.3) is 0 Å². The van der Waals surface area contributed by atoms with Crippen LogP contribution in [0.3, 0.4) is 0 Å². The molecule has 20 heavy (non-hydrogen) atoms. The predicted octanol–water partition coefficient (Wildman–Crippen LogP) is 3.67. The summed E-state index contributed by atoms with van der Waals surface area (Å²) < 4.78 is 0. The number of amidine groups is 1. The Bertz CT molecular complexity index is 436. The summed E-state index contributed by atoms with van der Waals surface area (Å²) in [6.07, 6.45) is 10.1. The highest BCUT2D eigenvalue weighted by atomic mass is 32.2. The van der Waals surface area contributed by atoms with Crippen LogP contribution in [-0.2, 0) is 0 Å². The summed E-state index contributed by atoms with van der Waals surface area (Å²) in [6.45, 7) is 2.41. The van der Waals surface area contributed by atoms with Crippen molar-refractivity contribution in [1.82, 2.24) is 5.32 Å². The first-order valence-corrected chi connectivity index (χ1v) is 9.71. The van der Waals surface area contributed by atoms with Crippen LogP contribution in [0.25, 0.3) is 0 Å². The summed E-state index contributed by atoms with van der Waals surface area (Å²) in [5.74, 6) is 6.29. The Morgan fingerprint density at radius 1 is 1.10 bits per heavy atom. The van der Waals surface area contributed by atoms with Gasteiger partial charge in [0.2, 0.25) is 0 Å². The molecular formula is C17H26N2S. The molecule has 110 valence electrons. The number of thioether (sulfide) groups is 1. The van der Waals surface area contributed by atoms with Gasteiger partial charge < -0.3 is 5.32 Å². The SMILES string of the molecule is CC1CCC2(CC1)CSC(=NC1C3C4CCC(C4)C13)N2. The molecule has 2 bridgehead atoms. The molecule has 0 amide bonds. The first-order chi connectivity index (χ1) is 9.74. The van der Waals surface area contributed by atoms with Crippen LogP contribution < -0.4 is 5.32 Å². The maximum Gasteiger partial charge on any atom is 0.157 e. The Hall–Kier alpha value is -0.180. The molecule has 1 heterocycles. The summed E-state index contributed by atoms with van der Waals surface area (Å²) in [5.41, 5.74) is 0.416. The van der Waals surface area contributed by atoms with Crippen LogP contribution in [0.15, 0.2) is 4.99 Å². The third kappa shape index (κ3) is 1.74. The largest absolute Gasteiger partial charge is 0.359 e. The van der Waals surface area contributed by atoms with Gasteiger partial charge in [-0.3, -0.25) is 4.99 Å². The summed E-state index contributed by atoms with van der Waals surface area (Å²) in [5, 5.41) is 5.15. The van der Waals surface area contributed by atoms with E-state index in [1.165, 1.54) is 49.4 Å². The second kappa shape index (κ2) is 4.18. The highest BCUT2D eigenvalue weighted by Gasteiger charge is 2.65. The molecule has 4 atom stereocenters. The summed E-state index contributed by atoms with van der Waals surface area (Å²) in [4.78, 5) is 5.15. The topological polar surface area (TPSA) is 24.4 Å². The van der Waals surface area contributed by atoms with Gasteiger partial charge in [-0.2, -0.15) is 0 Å². The van der Waals surface area contributed by atoms with Gasteiger partial charge in [0, 0.05) is 11.3 Å². The normalized spacial score (nSPS) is 58.1. The van der Waals surface area contributed by atoms with Crippen LogP contribution in [-0.4, -0.2) is 22.5 Å². The van der Waals surface area contributed by atoms with E-state index < -0.39 is 0 Å². The molecule has 0 aromatic carbocycles. The molecule has 4 aliphatic carbocycles. The molecule has 5 rings (SSSR count). The lowest BCUT2D eigenvalue weighted by Gasteiger charge is -2.35. The number of nitrogens with zero attached hydrogens (tertiary/aromatic N) is 1. The molecule has 0 radical (unpaired) electrons. The second-order valence-electron chi connectivity index (χ2n) is 8.29. The monoisotopic (exact) mass is 290 g/mol. The number of fused-ring (bicyclic) bond motifs is 5. The van der Waals surface area contributed by atoms with Crippen molar-refractivity contribution in [3.05, 3.63) is 0 Å². The van der Waals surface area contributed by atoms with E-state index in [4.69, 9.17) is 4.99 Å². The fraction of sp³-hybridized carbons (Fsp3) is 0.941. The number of aliphatic imine (C=N–C) groups is 1. The molecule has 1 N–H and O–H groups in total. The van der Waals surface area contributed by atoms with Crippen molar-refractivity contribution in [3.8, 4) is 0 Å². The molecule has 3 heteroatoms. The zero-order valence-corrected chi connectivity index (χ0v) is 13.3. The van der Waals surface area contributed by atoms with Gasteiger partial charge in [0.05, 0.1) is 6.04 Å². The minimum absolute atomic E-state index is 0.416. The Balaban J connectivity index is 1.27. The van der Waals surface area contributed by atoms with Gasteiger partial charge in [-0.15, -0.1) is 0 Å². The number of rotatable bonds is 1. The molecule has 2 nitrogen and oxygen atoms in total. The lowest BCUT2D eigenvalue weighted by molar-refractivity contribution is 0.250. The minimum Gasteiger partial charge on any atom is -0.359 e. The first kappa shape index (κ1) is 12.4. The van der Waals surface area contributed by atoms with E-state index in [-0.39, 0.29) is 0 Å². The van der Waals surface area contributed by atoms with Crippen LogP contribution in [0.4, 0.5) is 0 Å². The second-order valence-corrected chi connectivity index (χ2v) is 9.25. The van der Waals surface area contributed by atoms with E-state index in [0.717, 1.165) is 29.6 Å². The van der Waals surface area contributed by atoms with Crippen LogP contribution in [0, 0.1) is 29.6 Å². The van der Waals surface area contributed by atoms with E-state index in [0.29, 0.717) is 11.6 Å². The van der Waals surface area contributed by atoms with Crippen molar-refractivity contribution < 1.29 is 0 Å². The quantitative estimate of drug-likeness (QED) is 0.797. The lowest BCUT2D eigenvalue weighted by atomic mass is 9.78. The molecule has 4 unspecified atom stereocenters. The highest BCUT2D eigenvalue weighted by molar-refractivity contribution is 8.14. The number of nitrogens with one attached hydrogen (secondary N) is 1. The third-order valence-corrected chi connectivity index (χ3v) is 8.23. The summed E-state index contributed by atoms with van der Waals surface area (Å²) in [7, 11) is 0. The molecule has 4 saturated carbocycles.